The number of carbonyl (C=O) groups excluding carboxylic acids is 1. The Morgan fingerprint density at radius 3 is 3.03 bits per heavy atom. The molecule has 1 aliphatic carbocycles. The maximum atomic E-state index is 12.7. The number of fused-ring (bicyclic) bond motifs is 2. The van der Waals surface area contributed by atoms with Crippen LogP contribution in [0.4, 0.5) is 0 Å². The summed E-state index contributed by atoms with van der Waals surface area (Å²) in [6.07, 6.45) is 4.79. The first-order valence-electron chi connectivity index (χ1n) is 10.1. The average molecular weight is 399 g/mol. The van der Waals surface area contributed by atoms with Crippen molar-refractivity contribution in [3.8, 4) is 5.75 Å². The first-order valence-corrected chi connectivity index (χ1v) is 10.1. The summed E-state index contributed by atoms with van der Waals surface area (Å²) in [6.45, 7) is 0.193. The molecule has 0 saturated heterocycles. The summed E-state index contributed by atoms with van der Waals surface area (Å²) in [4.78, 5) is 17.0. The number of nitrogens with one attached hydrogen (secondary N) is 1. The van der Waals surface area contributed by atoms with E-state index in [2.05, 4.69) is 27.6 Å². The number of amides is 1. The molecule has 0 bridgehead atoms. The van der Waals surface area contributed by atoms with E-state index in [1.54, 1.807) is 12.3 Å². The fourth-order valence-corrected chi connectivity index (χ4v) is 3.92. The van der Waals surface area contributed by atoms with Gasteiger partial charge in [0.15, 0.2) is 11.5 Å². The zero-order chi connectivity index (χ0) is 20.3. The van der Waals surface area contributed by atoms with Gasteiger partial charge in [-0.05, 0) is 54.7 Å². The highest BCUT2D eigenvalue weighted by atomic mass is 16.5. The van der Waals surface area contributed by atoms with Gasteiger partial charge >= 0.3 is 0 Å². The first-order chi connectivity index (χ1) is 14.8. The molecular formula is C24H21N3O3. The van der Waals surface area contributed by atoms with Crippen LogP contribution in [0.5, 0.6) is 5.75 Å². The summed E-state index contributed by atoms with van der Waals surface area (Å²) >= 11 is 0. The van der Waals surface area contributed by atoms with E-state index in [1.165, 1.54) is 11.1 Å². The number of hydrogen-bond donors (Lipinski definition) is 1. The lowest BCUT2D eigenvalue weighted by Gasteiger charge is -2.25. The maximum Gasteiger partial charge on any atom is 0.273 e. The van der Waals surface area contributed by atoms with Gasteiger partial charge in [-0.1, -0.05) is 35.5 Å². The van der Waals surface area contributed by atoms with Crippen molar-refractivity contribution in [2.75, 3.05) is 0 Å². The molecule has 6 heteroatoms. The van der Waals surface area contributed by atoms with Gasteiger partial charge < -0.3 is 14.6 Å². The zero-order valence-corrected chi connectivity index (χ0v) is 16.4. The molecule has 0 fully saturated rings. The van der Waals surface area contributed by atoms with E-state index in [1.807, 2.05) is 42.5 Å². The van der Waals surface area contributed by atoms with Crippen molar-refractivity contribution in [3.63, 3.8) is 0 Å². The highest BCUT2D eigenvalue weighted by molar-refractivity contribution is 5.92. The predicted octanol–water partition coefficient (Wildman–Crippen LogP) is 4.61. The molecule has 30 heavy (non-hydrogen) atoms. The van der Waals surface area contributed by atoms with Crippen LogP contribution in [-0.4, -0.2) is 16.0 Å². The number of aryl methyl sites for hydroxylation is 1. The molecule has 0 spiro atoms. The van der Waals surface area contributed by atoms with Gasteiger partial charge in [-0.15, -0.1) is 0 Å². The largest absolute Gasteiger partial charge is 0.486 e. The van der Waals surface area contributed by atoms with E-state index < -0.39 is 0 Å². The van der Waals surface area contributed by atoms with Gasteiger partial charge in [-0.3, -0.25) is 9.78 Å². The molecule has 4 aromatic rings. The van der Waals surface area contributed by atoms with Crippen LogP contribution < -0.4 is 10.1 Å². The SMILES string of the molecule is O=C(N[C@H]1CCCc2ccccc21)c1cc(COc2ccc3ncccc3c2)on1. The number of benzene rings is 2. The third kappa shape index (κ3) is 3.76. The van der Waals surface area contributed by atoms with Crippen LogP contribution in [0.3, 0.4) is 0 Å². The Labute approximate surface area is 173 Å². The van der Waals surface area contributed by atoms with Gasteiger partial charge in [0.1, 0.15) is 12.4 Å². The normalized spacial score (nSPS) is 15.5. The number of carbonyl (C=O) groups is 1. The van der Waals surface area contributed by atoms with E-state index in [4.69, 9.17) is 9.26 Å². The Morgan fingerprint density at radius 1 is 1.13 bits per heavy atom. The summed E-state index contributed by atoms with van der Waals surface area (Å²) in [5.41, 5.74) is 3.66. The molecular weight excluding hydrogens is 378 g/mol. The lowest BCUT2D eigenvalue weighted by molar-refractivity contribution is 0.0923. The Bertz CT molecular complexity index is 1200. The standard InChI is InChI=1S/C24H21N3O3/c28-24(26-22-9-3-6-16-5-1-2-8-20(16)22)23-14-19(30-27-23)15-29-18-10-11-21-17(13-18)7-4-12-25-21/h1-2,4-5,7-8,10-14,22H,3,6,9,15H2,(H,26,28)/t22-/m0/s1. The highest BCUT2D eigenvalue weighted by Gasteiger charge is 2.23. The molecule has 0 saturated carbocycles. The van der Waals surface area contributed by atoms with Crippen molar-refractivity contribution in [2.45, 2.75) is 31.9 Å². The van der Waals surface area contributed by atoms with Crippen LogP contribution in [0.15, 0.2) is 71.4 Å². The van der Waals surface area contributed by atoms with Gasteiger partial charge in [-0.25, -0.2) is 0 Å². The first kappa shape index (κ1) is 18.4. The second-order valence-corrected chi connectivity index (χ2v) is 7.44. The molecule has 1 atom stereocenters. The molecule has 1 amide bonds. The number of aromatic nitrogens is 2. The van der Waals surface area contributed by atoms with Crippen LogP contribution in [0, 0.1) is 0 Å². The lowest BCUT2D eigenvalue weighted by atomic mass is 9.88. The second kappa shape index (κ2) is 7.99. The van der Waals surface area contributed by atoms with Crippen molar-refractivity contribution in [1.82, 2.24) is 15.5 Å². The minimum atomic E-state index is -0.233. The molecule has 0 unspecified atom stereocenters. The monoisotopic (exact) mass is 399 g/mol. The van der Waals surface area contributed by atoms with Crippen molar-refractivity contribution < 1.29 is 14.1 Å². The predicted molar refractivity (Wildman–Crippen MR) is 112 cm³/mol. The van der Waals surface area contributed by atoms with E-state index in [0.29, 0.717) is 11.5 Å². The molecule has 5 rings (SSSR count). The van der Waals surface area contributed by atoms with Crippen molar-refractivity contribution >= 4 is 16.8 Å². The van der Waals surface area contributed by atoms with E-state index in [9.17, 15) is 4.79 Å². The summed E-state index contributed by atoms with van der Waals surface area (Å²) in [6, 6.07) is 19.5. The fraction of sp³-hybridized carbons (Fsp3) is 0.208. The van der Waals surface area contributed by atoms with Gasteiger partial charge in [0.25, 0.3) is 5.91 Å². The summed E-state index contributed by atoms with van der Waals surface area (Å²) in [7, 11) is 0. The van der Waals surface area contributed by atoms with E-state index in [0.717, 1.165) is 30.2 Å². The molecule has 6 nitrogen and oxygen atoms in total. The molecule has 2 heterocycles. The number of hydrogen-bond acceptors (Lipinski definition) is 5. The van der Waals surface area contributed by atoms with Crippen LogP contribution in [-0.2, 0) is 13.0 Å². The molecule has 1 N–H and O–H groups in total. The van der Waals surface area contributed by atoms with Crippen molar-refractivity contribution in [2.24, 2.45) is 0 Å². The second-order valence-electron chi connectivity index (χ2n) is 7.44. The third-order valence-corrected chi connectivity index (χ3v) is 5.42. The summed E-state index contributed by atoms with van der Waals surface area (Å²) in [5, 5.41) is 8.01. The smallest absolute Gasteiger partial charge is 0.273 e. The molecule has 1 aliphatic rings. The van der Waals surface area contributed by atoms with Crippen LogP contribution in [0.25, 0.3) is 10.9 Å². The lowest BCUT2D eigenvalue weighted by Crippen LogP contribution is -2.31. The molecule has 0 radical (unpaired) electrons. The highest BCUT2D eigenvalue weighted by Crippen LogP contribution is 2.29. The summed E-state index contributed by atoms with van der Waals surface area (Å²) < 4.78 is 11.1. The number of ether oxygens (including phenoxy) is 1. The molecule has 0 aliphatic heterocycles. The van der Waals surface area contributed by atoms with E-state index >= 15 is 0 Å². The minimum absolute atomic E-state index is 0.00468. The van der Waals surface area contributed by atoms with Gasteiger partial charge in [0, 0.05) is 17.6 Å². The van der Waals surface area contributed by atoms with Gasteiger partial charge in [0.05, 0.1) is 11.6 Å². The quantitative estimate of drug-likeness (QED) is 0.530. The number of nitrogens with zero attached hydrogens (tertiary/aromatic N) is 2. The van der Waals surface area contributed by atoms with Crippen molar-refractivity contribution in [3.05, 3.63) is 89.4 Å². The van der Waals surface area contributed by atoms with E-state index in [-0.39, 0.29) is 24.2 Å². The average Bonchev–Trinajstić information content (AvgIpc) is 3.27. The van der Waals surface area contributed by atoms with Crippen LogP contribution in [0.1, 0.15) is 46.3 Å². The Kier molecular flexibility index (Phi) is 4.89. The van der Waals surface area contributed by atoms with Crippen LogP contribution >= 0.6 is 0 Å². The number of pyridine rings is 1. The van der Waals surface area contributed by atoms with Crippen molar-refractivity contribution in [1.29, 1.82) is 0 Å². The third-order valence-electron chi connectivity index (χ3n) is 5.42. The molecule has 2 aromatic carbocycles. The van der Waals surface area contributed by atoms with Gasteiger partial charge in [0.2, 0.25) is 0 Å². The topological polar surface area (TPSA) is 77.2 Å². The maximum absolute atomic E-state index is 12.7. The van der Waals surface area contributed by atoms with Crippen LogP contribution in [0.2, 0.25) is 0 Å². The zero-order valence-electron chi connectivity index (χ0n) is 16.4. The fourth-order valence-electron chi connectivity index (χ4n) is 3.92. The minimum Gasteiger partial charge on any atom is -0.486 e. The Morgan fingerprint density at radius 2 is 2.07 bits per heavy atom. The number of rotatable bonds is 5. The molecule has 2 aromatic heterocycles. The molecule has 150 valence electrons. The summed E-state index contributed by atoms with van der Waals surface area (Å²) in [5.74, 6) is 0.968. The Balaban J connectivity index is 1.23. The van der Waals surface area contributed by atoms with Gasteiger partial charge in [-0.2, -0.15) is 0 Å². The Hall–Kier alpha value is -3.67.